The van der Waals surface area contributed by atoms with E-state index in [4.69, 9.17) is 34.6 Å². The van der Waals surface area contributed by atoms with Gasteiger partial charge < -0.3 is 45.5 Å². The third-order valence-corrected chi connectivity index (χ3v) is 5.92. The summed E-state index contributed by atoms with van der Waals surface area (Å²) in [6.45, 7) is 5.82. The molecule has 0 fully saturated rings. The lowest BCUT2D eigenvalue weighted by atomic mass is 10.1. The summed E-state index contributed by atoms with van der Waals surface area (Å²) in [7, 11) is 0. The predicted octanol–water partition coefficient (Wildman–Crippen LogP) is -0.597. The molecule has 0 aromatic heterocycles. The van der Waals surface area contributed by atoms with Gasteiger partial charge in [-0.05, 0) is 32.4 Å². The smallest absolute Gasteiger partial charge is 0.164 e. The summed E-state index contributed by atoms with van der Waals surface area (Å²) in [5.41, 5.74) is 3.08. The summed E-state index contributed by atoms with van der Waals surface area (Å²) in [5, 5.41) is 44.9. The number of aliphatic hydroxyl groups is 4. The Labute approximate surface area is 199 Å². The number of quaternary nitrogens is 1. The Balaban J connectivity index is 0.000000582. The molecule has 1 heterocycles. The number of hydrogen-bond donors (Lipinski definition) is 6. The van der Waals surface area contributed by atoms with E-state index in [9.17, 15) is 5.11 Å². The minimum Gasteiger partial charge on any atom is -0.507 e. The van der Waals surface area contributed by atoms with E-state index in [0.717, 1.165) is 16.4 Å². The maximum atomic E-state index is 10.2. The third-order valence-electron chi connectivity index (χ3n) is 4.49. The average molecular weight is 492 g/mol. The van der Waals surface area contributed by atoms with Gasteiger partial charge in [0.1, 0.15) is 43.0 Å². The number of aliphatic imine (C=N–C) groups is 1. The third kappa shape index (κ3) is 11.5. The molecule has 1 aliphatic rings. The van der Waals surface area contributed by atoms with Crippen LogP contribution in [0.15, 0.2) is 23.2 Å². The van der Waals surface area contributed by atoms with Gasteiger partial charge in [0.2, 0.25) is 0 Å². The minimum atomic E-state index is -0.958. The van der Waals surface area contributed by atoms with Crippen molar-refractivity contribution in [2.24, 2.45) is 4.99 Å². The van der Waals surface area contributed by atoms with Gasteiger partial charge in [0.15, 0.2) is 5.54 Å². The number of phenolic OH excluding ortho intramolecular Hbond substituents is 1. The fourth-order valence-electron chi connectivity index (χ4n) is 2.36. The zero-order chi connectivity index (χ0) is 24.7. The quantitative estimate of drug-likeness (QED) is 0.186. The van der Waals surface area contributed by atoms with Crippen LogP contribution in [-0.4, -0.2) is 107 Å². The Morgan fingerprint density at radius 1 is 1.00 bits per heavy atom. The van der Waals surface area contributed by atoms with Gasteiger partial charge in [-0.1, -0.05) is 0 Å². The van der Waals surface area contributed by atoms with Crippen LogP contribution in [0, 0.1) is 0 Å². The summed E-state index contributed by atoms with van der Waals surface area (Å²) in [6, 6.07) is 5.29. The Kier molecular flexibility index (Phi) is 13.9. The van der Waals surface area contributed by atoms with Gasteiger partial charge >= 0.3 is 0 Å². The molecule has 10 nitrogen and oxygen atoms in total. The van der Waals surface area contributed by atoms with E-state index < -0.39 is 5.54 Å². The van der Waals surface area contributed by atoms with Crippen molar-refractivity contribution < 1.29 is 45.5 Å². The summed E-state index contributed by atoms with van der Waals surface area (Å²) in [5.74, 6) is 1.70. The lowest BCUT2D eigenvalue weighted by Gasteiger charge is -2.16. The number of nitrogens with zero attached hydrogens (tertiary/aromatic N) is 1. The van der Waals surface area contributed by atoms with E-state index in [0.29, 0.717) is 45.2 Å². The van der Waals surface area contributed by atoms with E-state index in [1.165, 1.54) is 0 Å². The highest BCUT2D eigenvalue weighted by atomic mass is 32.2. The fourth-order valence-corrected chi connectivity index (χ4v) is 3.56. The van der Waals surface area contributed by atoms with Crippen LogP contribution in [0.2, 0.25) is 0 Å². The second-order valence-electron chi connectivity index (χ2n) is 8.32. The molecular weight excluding hydrogens is 452 g/mol. The lowest BCUT2D eigenvalue weighted by Crippen LogP contribution is -2.78. The Hall–Kier alpha value is -1.44. The van der Waals surface area contributed by atoms with Crippen LogP contribution in [-0.2, 0) is 9.47 Å². The maximum Gasteiger partial charge on any atom is 0.164 e. The van der Waals surface area contributed by atoms with Crippen molar-refractivity contribution >= 4 is 16.8 Å². The molecule has 0 amide bonds. The molecule has 0 aliphatic carbocycles. The maximum absolute atomic E-state index is 10.2. The molecular formula is C22H39N2O8S+. The zero-order valence-electron chi connectivity index (χ0n) is 19.5. The number of benzene rings is 1. The summed E-state index contributed by atoms with van der Waals surface area (Å²) < 4.78 is 16.2. The number of aromatic hydroxyl groups is 1. The molecule has 0 bridgehead atoms. The largest absolute Gasteiger partial charge is 0.507 e. The van der Waals surface area contributed by atoms with Gasteiger partial charge in [0.05, 0.1) is 25.4 Å². The first-order valence-corrected chi connectivity index (χ1v) is 11.8. The van der Waals surface area contributed by atoms with Gasteiger partial charge in [0.25, 0.3) is 0 Å². The molecule has 0 saturated carbocycles. The first kappa shape index (κ1) is 29.6. The molecule has 190 valence electrons. The molecule has 8 N–H and O–H groups in total. The van der Waals surface area contributed by atoms with Crippen molar-refractivity contribution in [1.29, 1.82) is 0 Å². The number of phenols is 1. The van der Waals surface area contributed by atoms with Crippen molar-refractivity contribution in [3.63, 3.8) is 0 Å². The Morgan fingerprint density at radius 3 is 2.09 bits per heavy atom. The topological polar surface area (TPSA) is 169 Å². The van der Waals surface area contributed by atoms with Gasteiger partial charge in [-0.25, -0.2) is 0 Å². The molecule has 2 rings (SSSR count). The first-order valence-electron chi connectivity index (χ1n) is 10.8. The molecule has 0 atom stereocenters. The molecule has 1 aromatic carbocycles. The molecule has 1 aliphatic heterocycles. The average Bonchev–Trinajstić information content (AvgIpc) is 3.17. The van der Waals surface area contributed by atoms with Crippen molar-refractivity contribution in [3.8, 4) is 11.5 Å². The fraction of sp³-hybridized carbons (Fsp3) is 0.682. The molecule has 33 heavy (non-hydrogen) atoms. The van der Waals surface area contributed by atoms with E-state index in [1.54, 1.807) is 17.8 Å². The van der Waals surface area contributed by atoms with Crippen molar-refractivity contribution in [1.82, 2.24) is 0 Å². The number of ether oxygens (including phenoxy) is 3. The van der Waals surface area contributed by atoms with Gasteiger partial charge in [0, 0.05) is 30.6 Å². The number of hydrogen-bond acceptors (Lipinski definition) is 10. The zero-order valence-corrected chi connectivity index (χ0v) is 20.4. The number of rotatable bonds is 14. The summed E-state index contributed by atoms with van der Waals surface area (Å²) in [6.07, 6.45) is 0.644. The highest BCUT2D eigenvalue weighted by Crippen LogP contribution is 2.34. The highest BCUT2D eigenvalue weighted by Gasteiger charge is 2.27. The second kappa shape index (κ2) is 15.5. The monoisotopic (exact) mass is 491 g/mol. The summed E-state index contributed by atoms with van der Waals surface area (Å²) in [4.78, 5) is 4.64. The molecule has 0 saturated heterocycles. The molecule has 0 radical (unpaired) electrons. The van der Waals surface area contributed by atoms with E-state index in [1.807, 2.05) is 12.1 Å². The standard InChI is InChI=1S/C18H27NO5S.C4H11NO3/c1-18(2)13-25-17(19-18)15-5-4-14(12-16(15)21)24-11-10-23-9-8-22-7-3-6-20;5-4(1-6,2-7)3-8/h4-5,12,20-21H,3,6-11,13H2,1-2H3;6-8H,1-3,5H2/p+1. The van der Waals surface area contributed by atoms with E-state index in [2.05, 4.69) is 24.6 Å². The van der Waals surface area contributed by atoms with Crippen molar-refractivity contribution in [3.05, 3.63) is 23.8 Å². The van der Waals surface area contributed by atoms with Gasteiger partial charge in [-0.2, -0.15) is 0 Å². The van der Waals surface area contributed by atoms with Crippen LogP contribution in [0.4, 0.5) is 0 Å². The molecule has 0 spiro atoms. The summed E-state index contributed by atoms with van der Waals surface area (Å²) >= 11 is 1.66. The van der Waals surface area contributed by atoms with E-state index >= 15 is 0 Å². The lowest BCUT2D eigenvalue weighted by molar-refractivity contribution is -0.494. The van der Waals surface area contributed by atoms with Crippen LogP contribution >= 0.6 is 11.8 Å². The molecule has 11 heteroatoms. The van der Waals surface area contributed by atoms with Crippen LogP contribution in [0.1, 0.15) is 25.8 Å². The van der Waals surface area contributed by atoms with Crippen LogP contribution < -0.4 is 10.5 Å². The highest BCUT2D eigenvalue weighted by molar-refractivity contribution is 8.14. The number of aliphatic hydroxyl groups excluding tert-OH is 4. The predicted molar refractivity (Wildman–Crippen MR) is 127 cm³/mol. The number of thioether (sulfide) groups is 1. The first-order chi connectivity index (χ1) is 15.7. The second-order valence-corrected chi connectivity index (χ2v) is 9.29. The van der Waals surface area contributed by atoms with Crippen LogP contribution in [0.3, 0.4) is 0 Å². The van der Waals surface area contributed by atoms with Crippen molar-refractivity contribution in [2.75, 3.05) is 65.2 Å². The Bertz CT molecular complexity index is 705. The van der Waals surface area contributed by atoms with Gasteiger partial charge in [-0.3, -0.25) is 4.99 Å². The molecule has 1 aromatic rings. The van der Waals surface area contributed by atoms with Crippen LogP contribution in [0.5, 0.6) is 11.5 Å². The van der Waals surface area contributed by atoms with Crippen LogP contribution in [0.25, 0.3) is 0 Å². The Morgan fingerprint density at radius 2 is 1.61 bits per heavy atom. The minimum absolute atomic E-state index is 0.0826. The van der Waals surface area contributed by atoms with E-state index in [-0.39, 0.29) is 37.7 Å². The van der Waals surface area contributed by atoms with Crippen molar-refractivity contribution in [2.45, 2.75) is 31.3 Å². The molecule has 0 unspecified atom stereocenters. The SMILES string of the molecule is CC1(C)CSC(c2ccc(OCCOCCOCCCO)cc2O)=N1.[NH3+]C(CO)(CO)CO. The normalized spacial score (nSPS) is 15.1. The van der Waals surface area contributed by atoms with Gasteiger partial charge in [-0.15, -0.1) is 11.8 Å².